The lowest BCUT2D eigenvalue weighted by molar-refractivity contribution is -0.143. The molecule has 0 saturated heterocycles. The maximum atomic E-state index is 11.7. The monoisotopic (exact) mass is 242 g/mol. The first-order chi connectivity index (χ1) is 7.95. The molecule has 0 aromatic heterocycles. The topological polar surface area (TPSA) is 41.6 Å². The van der Waals surface area contributed by atoms with Crippen molar-refractivity contribution >= 4 is 5.97 Å². The number of likely N-dealkylation sites (N-methyl/N-ethyl adjacent to an activating group) is 1. The number of nitrogens with one attached hydrogen (secondary N) is 1. The van der Waals surface area contributed by atoms with Gasteiger partial charge in [0.1, 0.15) is 6.04 Å². The number of hydrogen-bond donors (Lipinski definition) is 1. The molecule has 1 rings (SSSR count). The van der Waals surface area contributed by atoms with E-state index in [4.69, 9.17) is 4.74 Å². The van der Waals surface area contributed by atoms with Crippen LogP contribution in [0.15, 0.2) is 0 Å². The van der Waals surface area contributed by atoms with Crippen molar-refractivity contribution in [1.29, 1.82) is 0 Å². The van der Waals surface area contributed by atoms with E-state index >= 15 is 0 Å². The minimum atomic E-state index is -0.230. The van der Waals surface area contributed by atoms with Crippen molar-refractivity contribution in [2.24, 2.45) is 5.92 Å². The summed E-state index contributed by atoms with van der Waals surface area (Å²) in [7, 11) is 3.53. The fourth-order valence-electron chi connectivity index (χ4n) is 2.13. The van der Waals surface area contributed by atoms with Crippen LogP contribution in [0, 0.1) is 5.92 Å². The van der Waals surface area contributed by atoms with Gasteiger partial charge in [-0.2, -0.15) is 0 Å². The lowest BCUT2D eigenvalue weighted by atomic mass is 10.1. The zero-order valence-corrected chi connectivity index (χ0v) is 11.7. The van der Waals surface area contributed by atoms with Crippen molar-refractivity contribution in [1.82, 2.24) is 10.2 Å². The molecule has 0 bridgehead atoms. The molecule has 0 spiro atoms. The van der Waals surface area contributed by atoms with E-state index in [1.807, 2.05) is 13.8 Å². The van der Waals surface area contributed by atoms with Crippen LogP contribution in [0.1, 0.15) is 33.6 Å². The third kappa shape index (κ3) is 4.64. The molecule has 0 aromatic rings. The quantitative estimate of drug-likeness (QED) is 0.682. The first-order valence-electron chi connectivity index (χ1n) is 6.49. The average molecular weight is 242 g/mol. The van der Waals surface area contributed by atoms with Gasteiger partial charge < -0.3 is 15.0 Å². The summed E-state index contributed by atoms with van der Waals surface area (Å²) in [5.41, 5.74) is 0. The Morgan fingerprint density at radius 3 is 2.41 bits per heavy atom. The molecule has 0 radical (unpaired) electrons. The number of carbonyl (C=O) groups excluding carboxylic acids is 1. The Kier molecular flexibility index (Phi) is 5.40. The van der Waals surface area contributed by atoms with Crippen LogP contribution in [-0.4, -0.2) is 49.7 Å². The normalized spacial score (nSPS) is 19.5. The molecule has 100 valence electrons. The molecule has 0 aliphatic heterocycles. The van der Waals surface area contributed by atoms with E-state index in [2.05, 4.69) is 24.2 Å². The predicted octanol–water partition coefficient (Wildman–Crippen LogP) is 1.26. The van der Waals surface area contributed by atoms with Crippen LogP contribution >= 0.6 is 0 Å². The zero-order valence-electron chi connectivity index (χ0n) is 11.7. The lowest BCUT2D eigenvalue weighted by Gasteiger charge is -2.29. The Balaban J connectivity index is 2.48. The number of esters is 1. The van der Waals surface area contributed by atoms with Gasteiger partial charge in [-0.3, -0.25) is 4.79 Å². The molecule has 1 fully saturated rings. The number of rotatable bonds is 7. The van der Waals surface area contributed by atoms with Gasteiger partial charge in [0.05, 0.1) is 7.11 Å². The highest BCUT2D eigenvalue weighted by Crippen LogP contribution is 2.34. The van der Waals surface area contributed by atoms with Crippen LogP contribution in [-0.2, 0) is 9.53 Å². The molecule has 2 atom stereocenters. The molecule has 0 heterocycles. The Labute approximate surface area is 105 Å². The maximum Gasteiger partial charge on any atom is 0.324 e. The summed E-state index contributed by atoms with van der Waals surface area (Å²) in [5, 5.41) is 3.26. The van der Waals surface area contributed by atoms with E-state index in [0.29, 0.717) is 12.6 Å². The van der Waals surface area contributed by atoms with Gasteiger partial charge in [0.15, 0.2) is 0 Å². The molecule has 0 amide bonds. The van der Waals surface area contributed by atoms with E-state index in [1.165, 1.54) is 20.0 Å². The smallest absolute Gasteiger partial charge is 0.324 e. The van der Waals surface area contributed by atoms with Gasteiger partial charge >= 0.3 is 5.97 Å². The average Bonchev–Trinajstić information content (AvgIpc) is 3.09. The van der Waals surface area contributed by atoms with Gasteiger partial charge in [-0.15, -0.1) is 0 Å². The summed E-state index contributed by atoms with van der Waals surface area (Å²) in [5.74, 6) is 0.644. The Bertz CT molecular complexity index is 252. The molecular weight excluding hydrogens is 216 g/mol. The SMILES string of the molecule is COC(=O)C(CN(C)C(C)C1CC1)NC(C)C. The van der Waals surface area contributed by atoms with Gasteiger partial charge in [0.2, 0.25) is 0 Å². The van der Waals surface area contributed by atoms with Crippen molar-refractivity contribution in [3.8, 4) is 0 Å². The van der Waals surface area contributed by atoms with Crippen LogP contribution < -0.4 is 5.32 Å². The highest BCUT2D eigenvalue weighted by Gasteiger charge is 2.32. The number of nitrogens with zero attached hydrogens (tertiary/aromatic N) is 1. The molecule has 1 aliphatic carbocycles. The van der Waals surface area contributed by atoms with Crippen LogP contribution in [0.3, 0.4) is 0 Å². The van der Waals surface area contributed by atoms with Crippen molar-refractivity contribution in [2.75, 3.05) is 20.7 Å². The number of hydrogen-bond acceptors (Lipinski definition) is 4. The second kappa shape index (κ2) is 6.36. The minimum Gasteiger partial charge on any atom is -0.468 e. The Morgan fingerprint density at radius 2 is 2.00 bits per heavy atom. The summed E-state index contributed by atoms with van der Waals surface area (Å²) in [4.78, 5) is 13.9. The number of carbonyl (C=O) groups is 1. The second-order valence-corrected chi connectivity index (χ2v) is 5.41. The summed E-state index contributed by atoms with van der Waals surface area (Å²) >= 11 is 0. The highest BCUT2D eigenvalue weighted by atomic mass is 16.5. The summed E-state index contributed by atoms with van der Waals surface area (Å²) in [6.45, 7) is 7.03. The maximum absolute atomic E-state index is 11.7. The van der Waals surface area contributed by atoms with Crippen LogP contribution in [0.5, 0.6) is 0 Å². The second-order valence-electron chi connectivity index (χ2n) is 5.41. The Morgan fingerprint density at radius 1 is 1.41 bits per heavy atom. The van der Waals surface area contributed by atoms with Crippen molar-refractivity contribution in [3.05, 3.63) is 0 Å². The summed E-state index contributed by atoms with van der Waals surface area (Å²) in [6, 6.07) is 0.603. The van der Waals surface area contributed by atoms with Gasteiger partial charge in [-0.25, -0.2) is 0 Å². The zero-order chi connectivity index (χ0) is 13.0. The van der Waals surface area contributed by atoms with E-state index in [9.17, 15) is 4.79 Å². The summed E-state index contributed by atoms with van der Waals surface area (Å²) < 4.78 is 4.84. The third-order valence-electron chi connectivity index (χ3n) is 3.49. The van der Waals surface area contributed by atoms with Gasteiger partial charge in [0, 0.05) is 18.6 Å². The van der Waals surface area contributed by atoms with Gasteiger partial charge in [0.25, 0.3) is 0 Å². The summed E-state index contributed by atoms with van der Waals surface area (Å²) in [6.07, 6.45) is 2.65. The molecule has 1 aliphatic rings. The van der Waals surface area contributed by atoms with Crippen LogP contribution in [0.25, 0.3) is 0 Å². The van der Waals surface area contributed by atoms with Crippen molar-refractivity contribution in [3.63, 3.8) is 0 Å². The molecule has 1 N–H and O–H groups in total. The molecule has 4 heteroatoms. The van der Waals surface area contributed by atoms with Crippen molar-refractivity contribution < 1.29 is 9.53 Å². The van der Waals surface area contributed by atoms with Crippen molar-refractivity contribution in [2.45, 2.75) is 51.7 Å². The molecular formula is C13H26N2O2. The molecule has 4 nitrogen and oxygen atoms in total. The van der Waals surface area contributed by atoms with Crippen LogP contribution in [0.2, 0.25) is 0 Å². The predicted molar refractivity (Wildman–Crippen MR) is 68.9 cm³/mol. The lowest BCUT2D eigenvalue weighted by Crippen LogP contribution is -2.50. The largest absolute Gasteiger partial charge is 0.468 e. The minimum absolute atomic E-state index is 0.173. The standard InChI is InChI=1S/C13H26N2O2/c1-9(2)14-12(13(16)17-5)8-15(4)10(3)11-6-7-11/h9-12,14H,6-8H2,1-5H3. The fourth-order valence-corrected chi connectivity index (χ4v) is 2.13. The van der Waals surface area contributed by atoms with E-state index < -0.39 is 0 Å². The number of methoxy groups -OCH3 is 1. The molecule has 0 aromatic carbocycles. The fraction of sp³-hybridized carbons (Fsp3) is 0.923. The van der Waals surface area contributed by atoms with Gasteiger partial charge in [-0.1, -0.05) is 13.8 Å². The molecule has 2 unspecified atom stereocenters. The van der Waals surface area contributed by atoms with Gasteiger partial charge in [-0.05, 0) is 32.7 Å². The number of ether oxygens (including phenoxy) is 1. The van der Waals surface area contributed by atoms with Crippen LogP contribution in [0.4, 0.5) is 0 Å². The van der Waals surface area contributed by atoms with E-state index in [0.717, 1.165) is 5.92 Å². The third-order valence-corrected chi connectivity index (χ3v) is 3.49. The molecule has 17 heavy (non-hydrogen) atoms. The van der Waals surface area contributed by atoms with E-state index in [-0.39, 0.29) is 18.1 Å². The Hall–Kier alpha value is -0.610. The first kappa shape index (κ1) is 14.5. The van der Waals surface area contributed by atoms with E-state index in [1.54, 1.807) is 0 Å². The molecule has 1 saturated carbocycles. The first-order valence-corrected chi connectivity index (χ1v) is 6.49. The highest BCUT2D eigenvalue weighted by molar-refractivity contribution is 5.76.